The Morgan fingerprint density at radius 3 is 2.90 bits per heavy atom. The van der Waals surface area contributed by atoms with Crippen LogP contribution in [0.15, 0.2) is 35.7 Å². The van der Waals surface area contributed by atoms with Gasteiger partial charge in [-0.25, -0.2) is 0 Å². The second-order valence-electron chi connectivity index (χ2n) is 4.55. The van der Waals surface area contributed by atoms with Crippen molar-refractivity contribution in [2.75, 3.05) is 6.61 Å². The molecule has 1 atom stereocenters. The molecule has 0 amide bonds. The lowest BCUT2D eigenvalue weighted by Crippen LogP contribution is -2.26. The molecule has 0 radical (unpaired) electrons. The van der Waals surface area contributed by atoms with Crippen LogP contribution in [0.3, 0.4) is 0 Å². The minimum Gasteiger partial charge on any atom is -0.489 e. The number of carbonyl (C=O) groups excluding carboxylic acids is 1. The zero-order valence-electron chi connectivity index (χ0n) is 11.0. The second-order valence-corrected chi connectivity index (χ2v) is 4.55. The number of nitrogens with one attached hydrogen (secondary N) is 1. The van der Waals surface area contributed by atoms with E-state index >= 15 is 0 Å². The Hall–Kier alpha value is -2.44. The smallest absolute Gasteiger partial charge is 0.387 e. The molecule has 21 heavy (non-hydrogen) atoms. The minimum atomic E-state index is -2.93. The van der Waals surface area contributed by atoms with Crippen LogP contribution in [-0.2, 0) is 9.53 Å². The molecule has 0 bridgehead atoms. The van der Waals surface area contributed by atoms with E-state index in [0.717, 1.165) is 6.29 Å². The van der Waals surface area contributed by atoms with E-state index in [4.69, 9.17) is 15.9 Å². The first-order valence-electron chi connectivity index (χ1n) is 6.22. The van der Waals surface area contributed by atoms with Crippen molar-refractivity contribution in [3.05, 3.63) is 41.3 Å². The maximum atomic E-state index is 12.2. The summed E-state index contributed by atoms with van der Waals surface area (Å²) in [6.07, 6.45) is 1.07. The SMILES string of the molecule is N=C(C1=C(N)CC(C=O)CO1)c1cccc(OC(F)F)c1. The summed E-state index contributed by atoms with van der Waals surface area (Å²) in [6.45, 7) is -2.78. The highest BCUT2D eigenvalue weighted by atomic mass is 19.3. The molecule has 1 heterocycles. The van der Waals surface area contributed by atoms with Gasteiger partial charge in [-0.05, 0) is 12.1 Å². The number of aldehydes is 1. The molecule has 0 spiro atoms. The quantitative estimate of drug-likeness (QED) is 0.643. The van der Waals surface area contributed by atoms with E-state index in [2.05, 4.69) is 4.74 Å². The summed E-state index contributed by atoms with van der Waals surface area (Å²) in [5, 5.41) is 8.06. The van der Waals surface area contributed by atoms with Crippen molar-refractivity contribution in [3.8, 4) is 5.75 Å². The average molecular weight is 296 g/mol. The third-order valence-corrected chi connectivity index (χ3v) is 2.98. The summed E-state index contributed by atoms with van der Waals surface area (Å²) < 4.78 is 34.0. The van der Waals surface area contributed by atoms with Gasteiger partial charge in [-0.15, -0.1) is 0 Å². The molecule has 2 rings (SSSR count). The summed E-state index contributed by atoms with van der Waals surface area (Å²) >= 11 is 0. The molecule has 0 fully saturated rings. The molecule has 1 unspecified atom stereocenters. The number of allylic oxidation sites excluding steroid dienone is 2. The highest BCUT2D eigenvalue weighted by molar-refractivity contribution is 6.09. The summed E-state index contributed by atoms with van der Waals surface area (Å²) in [5.74, 6) is -0.203. The van der Waals surface area contributed by atoms with Gasteiger partial charge in [-0.2, -0.15) is 8.78 Å². The molecule has 5 nitrogen and oxygen atoms in total. The molecule has 0 aromatic heterocycles. The predicted octanol–water partition coefficient (Wildman–Crippen LogP) is 2.06. The van der Waals surface area contributed by atoms with Crippen molar-refractivity contribution in [1.29, 1.82) is 5.41 Å². The van der Waals surface area contributed by atoms with Gasteiger partial charge in [0.25, 0.3) is 0 Å². The van der Waals surface area contributed by atoms with Gasteiger partial charge in [0.1, 0.15) is 17.7 Å². The lowest BCUT2D eigenvalue weighted by molar-refractivity contribution is -0.112. The van der Waals surface area contributed by atoms with Crippen molar-refractivity contribution in [2.45, 2.75) is 13.0 Å². The zero-order chi connectivity index (χ0) is 15.4. The number of carbonyl (C=O) groups is 1. The molecule has 0 saturated heterocycles. The first-order chi connectivity index (χ1) is 10.0. The van der Waals surface area contributed by atoms with Crippen LogP contribution in [0.1, 0.15) is 12.0 Å². The van der Waals surface area contributed by atoms with Crippen molar-refractivity contribution in [2.24, 2.45) is 11.7 Å². The maximum Gasteiger partial charge on any atom is 0.387 e. The normalized spacial score (nSPS) is 18.3. The van der Waals surface area contributed by atoms with E-state index in [-0.39, 0.29) is 29.7 Å². The minimum absolute atomic E-state index is 0.0310. The molecule has 7 heteroatoms. The topological polar surface area (TPSA) is 85.4 Å². The fraction of sp³-hybridized carbons (Fsp3) is 0.286. The number of hydrogen-bond donors (Lipinski definition) is 2. The summed E-state index contributed by atoms with van der Waals surface area (Å²) in [7, 11) is 0. The Morgan fingerprint density at radius 2 is 2.29 bits per heavy atom. The van der Waals surface area contributed by atoms with Crippen molar-refractivity contribution in [1.82, 2.24) is 0 Å². The van der Waals surface area contributed by atoms with Gasteiger partial charge in [0.2, 0.25) is 0 Å². The van der Waals surface area contributed by atoms with E-state index in [9.17, 15) is 13.6 Å². The number of ether oxygens (including phenoxy) is 2. The molecule has 3 N–H and O–H groups in total. The van der Waals surface area contributed by atoms with Gasteiger partial charge < -0.3 is 20.0 Å². The lowest BCUT2D eigenvalue weighted by Gasteiger charge is -2.23. The number of nitrogens with two attached hydrogens (primary N) is 1. The zero-order valence-corrected chi connectivity index (χ0v) is 11.0. The molecule has 1 aromatic rings. The average Bonchev–Trinajstić information content (AvgIpc) is 2.46. The van der Waals surface area contributed by atoms with E-state index in [1.165, 1.54) is 18.2 Å². The molecule has 112 valence electrons. The standard InChI is InChI=1S/C14H14F2N2O3/c15-14(16)21-10-3-1-2-9(5-10)12(18)13-11(17)4-8(6-19)7-20-13/h1-3,5-6,8,14,18H,4,7,17H2. The Balaban J connectivity index is 2.22. The van der Waals surface area contributed by atoms with Crippen LogP contribution >= 0.6 is 0 Å². The van der Waals surface area contributed by atoms with E-state index in [0.29, 0.717) is 17.7 Å². The number of alkyl halides is 2. The van der Waals surface area contributed by atoms with Crippen LogP contribution in [0, 0.1) is 11.3 Å². The Kier molecular flexibility index (Phi) is 4.52. The van der Waals surface area contributed by atoms with Gasteiger partial charge in [0.05, 0.1) is 18.2 Å². The molecule has 0 aliphatic carbocycles. The predicted molar refractivity (Wildman–Crippen MR) is 71.2 cm³/mol. The van der Waals surface area contributed by atoms with Crippen LogP contribution in [0.25, 0.3) is 0 Å². The number of benzene rings is 1. The highest BCUT2D eigenvalue weighted by Gasteiger charge is 2.23. The lowest BCUT2D eigenvalue weighted by atomic mass is 9.99. The van der Waals surface area contributed by atoms with Gasteiger partial charge in [-0.1, -0.05) is 12.1 Å². The van der Waals surface area contributed by atoms with E-state index in [1.54, 1.807) is 6.07 Å². The highest BCUT2D eigenvalue weighted by Crippen LogP contribution is 2.24. The third kappa shape index (κ3) is 3.56. The van der Waals surface area contributed by atoms with Crippen LogP contribution in [0.5, 0.6) is 5.75 Å². The molecular formula is C14H14F2N2O3. The largest absolute Gasteiger partial charge is 0.489 e. The van der Waals surface area contributed by atoms with E-state index < -0.39 is 6.61 Å². The number of rotatable bonds is 5. The van der Waals surface area contributed by atoms with Crippen molar-refractivity contribution in [3.63, 3.8) is 0 Å². The molecule has 1 aromatic carbocycles. The fourth-order valence-corrected chi connectivity index (χ4v) is 2.00. The van der Waals surface area contributed by atoms with Crippen LogP contribution in [-0.4, -0.2) is 25.2 Å². The summed E-state index contributed by atoms with van der Waals surface area (Å²) in [4.78, 5) is 10.7. The second kappa shape index (κ2) is 6.34. The summed E-state index contributed by atoms with van der Waals surface area (Å²) in [6, 6.07) is 5.74. The van der Waals surface area contributed by atoms with Crippen molar-refractivity contribution >= 4 is 12.0 Å². The number of hydrogen-bond acceptors (Lipinski definition) is 5. The monoisotopic (exact) mass is 296 g/mol. The summed E-state index contributed by atoms with van der Waals surface area (Å²) in [5.41, 5.74) is 6.41. The van der Waals surface area contributed by atoms with Gasteiger partial charge in [0.15, 0.2) is 5.76 Å². The van der Waals surface area contributed by atoms with Crippen LogP contribution < -0.4 is 10.5 Å². The Morgan fingerprint density at radius 1 is 1.52 bits per heavy atom. The maximum absolute atomic E-state index is 12.2. The van der Waals surface area contributed by atoms with Crippen LogP contribution in [0.4, 0.5) is 8.78 Å². The first kappa shape index (κ1) is 15.0. The molecule has 1 aliphatic heterocycles. The van der Waals surface area contributed by atoms with Crippen LogP contribution in [0.2, 0.25) is 0 Å². The van der Waals surface area contributed by atoms with Gasteiger partial charge in [0, 0.05) is 12.0 Å². The van der Waals surface area contributed by atoms with Gasteiger partial charge in [-0.3, -0.25) is 5.41 Å². The molecule has 0 saturated carbocycles. The Labute approximate surface area is 119 Å². The third-order valence-electron chi connectivity index (χ3n) is 2.98. The number of halogens is 2. The fourth-order valence-electron chi connectivity index (χ4n) is 2.00. The molecular weight excluding hydrogens is 282 g/mol. The molecule has 1 aliphatic rings. The van der Waals surface area contributed by atoms with Crippen molar-refractivity contribution < 1.29 is 23.0 Å². The Bertz CT molecular complexity index is 587. The van der Waals surface area contributed by atoms with E-state index in [1.807, 2.05) is 0 Å². The van der Waals surface area contributed by atoms with Gasteiger partial charge >= 0.3 is 6.61 Å². The first-order valence-corrected chi connectivity index (χ1v) is 6.22.